The van der Waals surface area contributed by atoms with Gasteiger partial charge >= 0.3 is 12.1 Å². The first-order valence-electron chi connectivity index (χ1n) is 12.0. The van der Waals surface area contributed by atoms with E-state index in [1.807, 2.05) is 6.92 Å². The number of rotatable bonds is 7. The zero-order chi connectivity index (χ0) is 24.5. The Bertz CT molecular complexity index is 1080. The third-order valence-electron chi connectivity index (χ3n) is 7.42. The van der Waals surface area contributed by atoms with Gasteiger partial charge in [-0.25, -0.2) is 22.7 Å². The molecule has 1 aromatic rings. The number of aryl methyl sites for hydroxylation is 2. The van der Waals surface area contributed by atoms with Crippen LogP contribution in [0.1, 0.15) is 54.9 Å². The van der Waals surface area contributed by atoms with Crippen LogP contribution in [0.5, 0.6) is 0 Å². The van der Waals surface area contributed by atoms with Crippen LogP contribution in [0.3, 0.4) is 0 Å². The number of carbonyl (C=O) groups is 2. The van der Waals surface area contributed by atoms with Crippen molar-refractivity contribution in [2.75, 3.05) is 32.0 Å². The maximum absolute atomic E-state index is 12.7. The minimum absolute atomic E-state index is 0.331. The van der Waals surface area contributed by atoms with Gasteiger partial charge < -0.3 is 15.3 Å². The van der Waals surface area contributed by atoms with Crippen LogP contribution in [0.4, 0.5) is 15.3 Å². The molecular formula is C24H34N4O5S. The molecule has 3 amide bonds. The number of likely N-dealkylation sites (tertiary alicyclic amines) is 1. The molecule has 0 saturated carbocycles. The standard InChI is InChI=1S/C24H34N4O5S/c1-24(10-5-12-28(24)14-13-27(2)23(30)31)11-15-34(32,33)26-22(29)25-21-19-8-3-6-17(19)16-18-7-4-9-20(18)21/h11,15-16H,3-10,12-14H2,1-2H3,(H,30,31)(H2,25,26,29). The Balaban J connectivity index is 1.42. The SMILES string of the molecule is CN(CCN1CCCC1(C)C=CS(=O)(=O)NC(=O)Nc1c2c(cc3c1CCC3)CCC2)C(=O)O. The van der Waals surface area contributed by atoms with Gasteiger partial charge in [0, 0.05) is 36.8 Å². The van der Waals surface area contributed by atoms with E-state index < -0.39 is 27.7 Å². The van der Waals surface area contributed by atoms with Crippen molar-refractivity contribution in [3.05, 3.63) is 39.8 Å². The summed E-state index contributed by atoms with van der Waals surface area (Å²) >= 11 is 0. The van der Waals surface area contributed by atoms with E-state index >= 15 is 0 Å². The third kappa shape index (κ3) is 5.22. The second-order valence-electron chi connectivity index (χ2n) is 9.79. The second-order valence-corrected chi connectivity index (χ2v) is 11.4. The van der Waals surface area contributed by atoms with Gasteiger partial charge in [0.2, 0.25) is 0 Å². The van der Waals surface area contributed by atoms with E-state index in [2.05, 4.69) is 21.0 Å². The molecule has 186 valence electrons. The van der Waals surface area contributed by atoms with E-state index in [0.29, 0.717) is 13.1 Å². The molecule has 1 heterocycles. The second kappa shape index (κ2) is 9.58. The van der Waals surface area contributed by atoms with Crippen LogP contribution in [-0.2, 0) is 35.7 Å². The van der Waals surface area contributed by atoms with Crippen molar-refractivity contribution >= 4 is 27.8 Å². The number of amides is 3. The fraction of sp³-hybridized carbons (Fsp3) is 0.583. The van der Waals surface area contributed by atoms with Crippen molar-refractivity contribution in [1.29, 1.82) is 0 Å². The van der Waals surface area contributed by atoms with Gasteiger partial charge in [0.05, 0.1) is 0 Å². The van der Waals surface area contributed by atoms with E-state index in [4.69, 9.17) is 5.11 Å². The van der Waals surface area contributed by atoms with E-state index in [-0.39, 0.29) is 0 Å². The molecule has 1 aliphatic heterocycles. The molecule has 1 atom stereocenters. The van der Waals surface area contributed by atoms with Gasteiger partial charge in [-0.1, -0.05) is 12.1 Å². The van der Waals surface area contributed by atoms with Crippen LogP contribution >= 0.6 is 0 Å². The average molecular weight is 491 g/mol. The highest BCUT2D eigenvalue weighted by Gasteiger charge is 2.35. The largest absolute Gasteiger partial charge is 0.465 e. The van der Waals surface area contributed by atoms with Crippen molar-refractivity contribution in [2.24, 2.45) is 0 Å². The molecule has 0 radical (unpaired) electrons. The quantitative estimate of drug-likeness (QED) is 0.540. The fourth-order valence-electron chi connectivity index (χ4n) is 5.47. The number of hydrogen-bond acceptors (Lipinski definition) is 5. The fourth-order valence-corrected chi connectivity index (χ4v) is 6.32. The Morgan fingerprint density at radius 1 is 1.15 bits per heavy atom. The van der Waals surface area contributed by atoms with Crippen molar-refractivity contribution in [3.63, 3.8) is 0 Å². The first-order valence-corrected chi connectivity index (χ1v) is 13.5. The van der Waals surface area contributed by atoms with Gasteiger partial charge in [0.1, 0.15) is 0 Å². The van der Waals surface area contributed by atoms with Crippen molar-refractivity contribution in [3.8, 4) is 0 Å². The first kappa shape index (κ1) is 24.5. The molecule has 2 aliphatic carbocycles. The lowest BCUT2D eigenvalue weighted by atomic mass is 9.99. The molecule has 3 N–H and O–H groups in total. The molecule has 3 aliphatic rings. The summed E-state index contributed by atoms with van der Waals surface area (Å²) in [6.45, 7) is 3.52. The van der Waals surface area contributed by atoms with Gasteiger partial charge in [-0.3, -0.25) is 4.90 Å². The number of nitrogens with zero attached hydrogens (tertiary/aromatic N) is 2. The smallest absolute Gasteiger partial charge is 0.407 e. The molecule has 1 aromatic carbocycles. The van der Waals surface area contributed by atoms with Gasteiger partial charge in [-0.15, -0.1) is 0 Å². The molecule has 9 nitrogen and oxygen atoms in total. The van der Waals surface area contributed by atoms with Crippen molar-refractivity contribution in [2.45, 2.75) is 63.8 Å². The highest BCUT2D eigenvalue weighted by molar-refractivity contribution is 7.92. The predicted molar refractivity (Wildman–Crippen MR) is 131 cm³/mol. The summed E-state index contributed by atoms with van der Waals surface area (Å²) in [7, 11) is -2.49. The van der Waals surface area contributed by atoms with Crippen molar-refractivity contribution < 1.29 is 23.1 Å². The number of benzene rings is 1. The first-order chi connectivity index (χ1) is 16.1. The number of likely N-dealkylation sites (N-methyl/N-ethyl adjacent to an activating group) is 1. The zero-order valence-electron chi connectivity index (χ0n) is 19.9. The van der Waals surface area contributed by atoms with Crippen LogP contribution in [0.15, 0.2) is 17.6 Å². The molecular weight excluding hydrogens is 456 g/mol. The molecule has 10 heteroatoms. The molecule has 1 unspecified atom stereocenters. The summed E-state index contributed by atoms with van der Waals surface area (Å²) in [4.78, 5) is 27.0. The Morgan fingerprint density at radius 2 is 1.79 bits per heavy atom. The number of hydrogen-bond donors (Lipinski definition) is 3. The molecule has 0 aromatic heterocycles. The predicted octanol–water partition coefficient (Wildman–Crippen LogP) is 3.09. The Labute approximate surface area is 201 Å². The van der Waals surface area contributed by atoms with E-state index in [1.165, 1.54) is 23.1 Å². The summed E-state index contributed by atoms with van der Waals surface area (Å²) in [5.74, 6) is 0. The normalized spacial score (nSPS) is 22.1. The van der Waals surface area contributed by atoms with Gasteiger partial charge in [-0.05, 0) is 87.1 Å². The number of carboxylic acid groups (broad SMARTS) is 1. The summed E-state index contributed by atoms with van der Waals surface area (Å²) in [5.41, 5.74) is 5.10. The maximum Gasteiger partial charge on any atom is 0.407 e. The molecule has 34 heavy (non-hydrogen) atoms. The molecule has 0 spiro atoms. The molecule has 1 saturated heterocycles. The van der Waals surface area contributed by atoms with Gasteiger partial charge in [0.25, 0.3) is 10.0 Å². The lowest BCUT2D eigenvalue weighted by Crippen LogP contribution is -2.44. The van der Waals surface area contributed by atoms with Crippen LogP contribution in [0, 0.1) is 0 Å². The van der Waals surface area contributed by atoms with E-state index in [1.54, 1.807) is 6.08 Å². The Kier molecular flexibility index (Phi) is 6.91. The third-order valence-corrected chi connectivity index (χ3v) is 8.38. The number of urea groups is 1. The lowest BCUT2D eigenvalue weighted by Gasteiger charge is -2.33. The lowest BCUT2D eigenvalue weighted by molar-refractivity contribution is 0.138. The van der Waals surface area contributed by atoms with Crippen LogP contribution in [0.2, 0.25) is 0 Å². The number of anilines is 1. The number of carbonyl (C=O) groups excluding carboxylic acids is 1. The number of sulfonamides is 1. The van der Waals surface area contributed by atoms with Crippen LogP contribution < -0.4 is 10.0 Å². The average Bonchev–Trinajstić information content (AvgIpc) is 3.50. The van der Waals surface area contributed by atoms with Gasteiger partial charge in [-0.2, -0.15) is 0 Å². The highest BCUT2D eigenvalue weighted by Crippen LogP contribution is 2.38. The summed E-state index contributed by atoms with van der Waals surface area (Å²) < 4.78 is 27.5. The van der Waals surface area contributed by atoms with E-state index in [0.717, 1.165) is 80.1 Å². The minimum Gasteiger partial charge on any atom is -0.465 e. The van der Waals surface area contributed by atoms with Crippen LogP contribution in [0.25, 0.3) is 0 Å². The summed E-state index contributed by atoms with van der Waals surface area (Å²) in [5, 5.41) is 13.0. The molecule has 1 fully saturated rings. The monoisotopic (exact) mass is 490 g/mol. The highest BCUT2D eigenvalue weighted by atomic mass is 32.2. The summed E-state index contributed by atoms with van der Waals surface area (Å²) in [6.07, 6.45) is 8.14. The Hall–Kier alpha value is -2.59. The van der Waals surface area contributed by atoms with Crippen LogP contribution in [-0.4, -0.2) is 67.7 Å². The topological polar surface area (TPSA) is 119 Å². The molecule has 0 bridgehead atoms. The van der Waals surface area contributed by atoms with Crippen molar-refractivity contribution in [1.82, 2.24) is 14.5 Å². The zero-order valence-corrected chi connectivity index (χ0v) is 20.7. The van der Waals surface area contributed by atoms with E-state index in [9.17, 15) is 18.0 Å². The maximum atomic E-state index is 12.7. The number of nitrogens with one attached hydrogen (secondary N) is 2. The Morgan fingerprint density at radius 3 is 2.41 bits per heavy atom. The minimum atomic E-state index is -4.00. The summed E-state index contributed by atoms with van der Waals surface area (Å²) in [6, 6.07) is 1.52. The van der Waals surface area contributed by atoms with Gasteiger partial charge in [0.15, 0.2) is 0 Å². The number of fused-ring (bicyclic) bond motifs is 2. The molecule has 4 rings (SSSR count).